The number of nitrogens with zero attached hydrogens (tertiary/aromatic N) is 6. The first-order valence-corrected chi connectivity index (χ1v) is 9.16. The van der Waals surface area contributed by atoms with Gasteiger partial charge in [0.15, 0.2) is 0 Å². The summed E-state index contributed by atoms with van der Waals surface area (Å²) >= 11 is 0. The molecule has 4 rings (SSSR count). The van der Waals surface area contributed by atoms with Crippen molar-refractivity contribution in [2.75, 3.05) is 33.1 Å². The topological polar surface area (TPSA) is 72.4 Å². The Morgan fingerprint density at radius 3 is 2.43 bits per heavy atom. The fourth-order valence-electron chi connectivity index (χ4n) is 3.36. The molecule has 0 saturated carbocycles. The highest BCUT2D eigenvalue weighted by Crippen LogP contribution is 2.32. The summed E-state index contributed by atoms with van der Waals surface area (Å²) in [4.78, 5) is 38.2. The molecule has 0 saturated heterocycles. The van der Waals surface area contributed by atoms with Crippen LogP contribution in [0.5, 0.6) is 0 Å². The van der Waals surface area contributed by atoms with Crippen molar-refractivity contribution in [3.05, 3.63) is 47.8 Å². The number of fused-ring (bicyclic) bond motifs is 2. The molecular weight excluding hydrogens is 356 g/mol. The summed E-state index contributed by atoms with van der Waals surface area (Å²) in [5, 5.41) is 0. The molecule has 3 aliphatic rings. The molecule has 3 aliphatic heterocycles. The number of rotatable bonds is 0. The van der Waals surface area contributed by atoms with Gasteiger partial charge in [-0.05, 0) is 26.0 Å². The molecule has 1 aromatic heterocycles. The van der Waals surface area contributed by atoms with E-state index in [1.807, 2.05) is 56.3 Å². The third-order valence-corrected chi connectivity index (χ3v) is 5.47. The van der Waals surface area contributed by atoms with Gasteiger partial charge in [-0.2, -0.15) is 4.99 Å². The lowest BCUT2D eigenvalue weighted by molar-refractivity contribution is 0.198. The monoisotopic (exact) mass is 382 g/mol. The fraction of sp³-hybridized carbons (Fsp3) is 0.400. The summed E-state index contributed by atoms with van der Waals surface area (Å²) in [5.41, 5.74) is 2.19. The van der Waals surface area contributed by atoms with Crippen molar-refractivity contribution in [2.24, 2.45) is 4.99 Å². The summed E-state index contributed by atoms with van der Waals surface area (Å²) in [7, 11) is 7.22. The van der Waals surface area contributed by atoms with Crippen LogP contribution in [-0.4, -0.2) is 71.8 Å². The molecule has 2 atom stereocenters. The molecule has 28 heavy (non-hydrogen) atoms. The maximum Gasteiger partial charge on any atom is 0.345 e. The number of aliphatic imine (C=N–C) groups is 1. The largest absolute Gasteiger partial charge is 0.345 e. The minimum atomic E-state index is -0.174. The minimum Gasteiger partial charge on any atom is -0.336 e. The molecule has 0 spiro atoms. The van der Waals surface area contributed by atoms with Crippen molar-refractivity contribution >= 4 is 23.7 Å². The second-order valence-corrected chi connectivity index (χ2v) is 7.12. The van der Waals surface area contributed by atoms with Crippen LogP contribution in [0, 0.1) is 0 Å². The molecule has 148 valence electrons. The number of urea groups is 2. The third-order valence-electron chi connectivity index (χ3n) is 5.47. The summed E-state index contributed by atoms with van der Waals surface area (Å²) in [6.45, 7) is 4.01. The number of amides is 4. The molecule has 0 fully saturated rings. The van der Waals surface area contributed by atoms with Gasteiger partial charge in [-0.3, -0.25) is 4.90 Å². The second-order valence-electron chi connectivity index (χ2n) is 7.12. The van der Waals surface area contributed by atoms with Crippen molar-refractivity contribution in [1.29, 1.82) is 0 Å². The van der Waals surface area contributed by atoms with Gasteiger partial charge < -0.3 is 14.7 Å². The van der Waals surface area contributed by atoms with Crippen LogP contribution in [0.3, 0.4) is 0 Å². The zero-order valence-corrected chi connectivity index (χ0v) is 17.1. The average molecular weight is 382 g/mol. The normalized spacial score (nSPS) is 23.5. The molecule has 0 bridgehead atoms. The Hall–Kier alpha value is -3.16. The van der Waals surface area contributed by atoms with E-state index in [1.165, 1.54) is 0 Å². The Balaban J connectivity index is 0.000000161. The molecule has 1 aromatic rings. The molecule has 0 N–H and O–H groups in total. The number of carbonyl (C=O) groups excluding carboxylic acids is 2. The van der Waals surface area contributed by atoms with E-state index in [2.05, 4.69) is 9.98 Å². The predicted octanol–water partition coefficient (Wildman–Crippen LogP) is 2.87. The van der Waals surface area contributed by atoms with E-state index in [-0.39, 0.29) is 24.1 Å². The van der Waals surface area contributed by atoms with Crippen LogP contribution in [-0.2, 0) is 0 Å². The standard InChI is InChI=1S/2C10H13N3O/c1-7-8-5-4-6-12(2)9(8)11-10(14)13(7)3;1-7-8-5-4-6-11-9(8)13(3)10(14)12(7)2/h2*4-7H,1-3H3. The Kier molecular flexibility index (Phi) is 5.22. The number of aromatic nitrogens is 1. The molecule has 0 radical (unpaired) electrons. The van der Waals surface area contributed by atoms with Gasteiger partial charge >= 0.3 is 12.1 Å². The first-order valence-electron chi connectivity index (χ1n) is 9.16. The average Bonchev–Trinajstić information content (AvgIpc) is 2.70. The number of pyridine rings is 1. The van der Waals surface area contributed by atoms with Gasteiger partial charge in [0.25, 0.3) is 0 Å². The first-order chi connectivity index (χ1) is 13.2. The van der Waals surface area contributed by atoms with Crippen molar-refractivity contribution in [3.8, 4) is 0 Å². The fourth-order valence-corrected chi connectivity index (χ4v) is 3.36. The van der Waals surface area contributed by atoms with E-state index in [1.54, 1.807) is 42.0 Å². The van der Waals surface area contributed by atoms with Gasteiger partial charge in [-0.15, -0.1) is 0 Å². The van der Waals surface area contributed by atoms with E-state index in [0.717, 1.165) is 22.8 Å². The third kappa shape index (κ3) is 3.26. The Morgan fingerprint density at radius 1 is 1.00 bits per heavy atom. The van der Waals surface area contributed by atoms with Crippen molar-refractivity contribution < 1.29 is 9.59 Å². The maximum absolute atomic E-state index is 11.7. The quantitative estimate of drug-likeness (QED) is 0.692. The summed E-state index contributed by atoms with van der Waals surface area (Å²) < 4.78 is 0. The lowest BCUT2D eigenvalue weighted by atomic mass is 10.0. The number of allylic oxidation sites excluding steroid dienone is 2. The van der Waals surface area contributed by atoms with Gasteiger partial charge in [-0.25, -0.2) is 14.6 Å². The Labute approximate surface area is 165 Å². The number of anilines is 1. The lowest BCUT2D eigenvalue weighted by Crippen LogP contribution is -2.45. The Bertz CT molecular complexity index is 890. The highest BCUT2D eigenvalue weighted by atomic mass is 16.2. The summed E-state index contributed by atoms with van der Waals surface area (Å²) in [5.74, 6) is 1.53. The number of likely N-dealkylation sites (N-methyl/N-ethyl adjacent to an activating group) is 2. The van der Waals surface area contributed by atoms with Gasteiger partial charge in [-0.1, -0.05) is 12.1 Å². The summed E-state index contributed by atoms with van der Waals surface area (Å²) in [6.07, 6.45) is 7.58. The smallest absolute Gasteiger partial charge is 0.336 e. The van der Waals surface area contributed by atoms with Gasteiger partial charge in [0.1, 0.15) is 11.7 Å². The van der Waals surface area contributed by atoms with E-state index < -0.39 is 0 Å². The van der Waals surface area contributed by atoms with Gasteiger partial charge in [0, 0.05) is 51.7 Å². The zero-order chi connectivity index (χ0) is 20.6. The SMILES string of the molecule is CC1C2=CC=CN(C)C2=NC(=O)N1C.CC1c2cccnc2N(C)C(=O)N1C. The molecule has 2 unspecified atom stereocenters. The molecule has 0 aromatic carbocycles. The number of hydrogen-bond acceptors (Lipinski definition) is 4. The lowest BCUT2D eigenvalue weighted by Gasteiger charge is -2.36. The molecule has 0 aliphatic carbocycles. The van der Waals surface area contributed by atoms with E-state index in [0.29, 0.717) is 0 Å². The molecule has 8 heteroatoms. The van der Waals surface area contributed by atoms with Crippen LogP contribution in [0.1, 0.15) is 25.5 Å². The maximum atomic E-state index is 11.7. The molecule has 4 heterocycles. The Morgan fingerprint density at radius 2 is 1.71 bits per heavy atom. The van der Waals surface area contributed by atoms with E-state index in [4.69, 9.17) is 0 Å². The minimum absolute atomic E-state index is 0.0105. The van der Waals surface area contributed by atoms with Crippen molar-refractivity contribution in [2.45, 2.75) is 25.9 Å². The van der Waals surface area contributed by atoms with Crippen LogP contribution in [0.25, 0.3) is 0 Å². The predicted molar refractivity (Wildman–Crippen MR) is 109 cm³/mol. The van der Waals surface area contributed by atoms with Crippen LogP contribution >= 0.6 is 0 Å². The second kappa shape index (κ2) is 7.46. The number of amidine groups is 1. The van der Waals surface area contributed by atoms with Crippen molar-refractivity contribution in [1.82, 2.24) is 19.7 Å². The molecular formula is C20H26N6O2. The van der Waals surface area contributed by atoms with Crippen LogP contribution in [0.2, 0.25) is 0 Å². The van der Waals surface area contributed by atoms with Crippen molar-refractivity contribution in [3.63, 3.8) is 0 Å². The molecule has 8 nitrogen and oxygen atoms in total. The van der Waals surface area contributed by atoms with E-state index >= 15 is 0 Å². The van der Waals surface area contributed by atoms with Gasteiger partial charge in [0.05, 0.1) is 12.1 Å². The zero-order valence-electron chi connectivity index (χ0n) is 17.1. The van der Waals surface area contributed by atoms with E-state index in [9.17, 15) is 9.59 Å². The number of hydrogen-bond donors (Lipinski definition) is 0. The highest BCUT2D eigenvalue weighted by Gasteiger charge is 2.31. The first kappa shape index (κ1) is 19.6. The van der Waals surface area contributed by atoms with Gasteiger partial charge in [0.2, 0.25) is 0 Å². The van der Waals surface area contributed by atoms with Crippen LogP contribution in [0.4, 0.5) is 15.4 Å². The number of carbonyl (C=O) groups is 2. The summed E-state index contributed by atoms with van der Waals surface area (Å²) in [6, 6.07) is 3.92. The van der Waals surface area contributed by atoms with Crippen LogP contribution < -0.4 is 4.90 Å². The van der Waals surface area contributed by atoms with Crippen LogP contribution in [0.15, 0.2) is 47.2 Å². The highest BCUT2D eigenvalue weighted by molar-refractivity contribution is 6.08. The molecule has 4 amide bonds.